The lowest BCUT2D eigenvalue weighted by molar-refractivity contribution is -0.155. The second-order valence-corrected chi connectivity index (χ2v) is 4.42. The number of carboxylic acids is 1. The molecule has 1 aliphatic heterocycles. The molecule has 1 heterocycles. The topological polar surface area (TPSA) is 89.9 Å². The summed E-state index contributed by atoms with van der Waals surface area (Å²) in [4.78, 5) is 23.9. The van der Waals surface area contributed by atoms with E-state index in [1.807, 2.05) is 6.92 Å². The zero-order chi connectivity index (χ0) is 12.3. The quantitative estimate of drug-likeness (QED) is 0.637. The molecule has 92 valence electrons. The Bertz CT molecular complexity index is 291. The number of amides is 2. The third kappa shape index (κ3) is 2.85. The minimum atomic E-state index is -1.92. The van der Waals surface area contributed by atoms with Crippen LogP contribution in [-0.2, 0) is 4.79 Å². The van der Waals surface area contributed by atoms with Gasteiger partial charge in [-0.25, -0.2) is 9.59 Å². The molecule has 2 atom stereocenters. The number of hydrogen-bond acceptors (Lipinski definition) is 3. The number of carbonyl (C=O) groups excluding carboxylic acids is 1. The van der Waals surface area contributed by atoms with Crippen molar-refractivity contribution in [3.8, 4) is 0 Å². The first-order valence-corrected chi connectivity index (χ1v) is 5.35. The lowest BCUT2D eigenvalue weighted by Gasteiger charge is -2.24. The van der Waals surface area contributed by atoms with Gasteiger partial charge >= 0.3 is 12.0 Å². The van der Waals surface area contributed by atoms with E-state index in [2.05, 4.69) is 5.32 Å². The van der Waals surface area contributed by atoms with Crippen LogP contribution in [0.15, 0.2) is 0 Å². The van der Waals surface area contributed by atoms with E-state index >= 15 is 0 Å². The molecule has 6 nitrogen and oxygen atoms in total. The van der Waals surface area contributed by atoms with Crippen LogP contribution in [0, 0.1) is 0 Å². The molecule has 0 aromatic rings. The average Bonchev–Trinajstić information content (AvgIpc) is 2.61. The summed E-state index contributed by atoms with van der Waals surface area (Å²) in [6, 6.07) is -0.138. The Balaban J connectivity index is 2.44. The van der Waals surface area contributed by atoms with Gasteiger partial charge in [-0.15, -0.1) is 0 Å². The van der Waals surface area contributed by atoms with E-state index in [4.69, 9.17) is 5.11 Å². The molecule has 0 radical (unpaired) electrons. The highest BCUT2D eigenvalue weighted by atomic mass is 16.4. The third-order valence-electron chi connectivity index (χ3n) is 2.86. The van der Waals surface area contributed by atoms with E-state index in [0.717, 1.165) is 19.8 Å². The Labute approximate surface area is 94.2 Å². The summed E-state index contributed by atoms with van der Waals surface area (Å²) in [7, 11) is 0. The molecule has 0 aliphatic carbocycles. The number of rotatable bonds is 3. The molecular weight excluding hydrogens is 212 g/mol. The zero-order valence-electron chi connectivity index (χ0n) is 9.56. The summed E-state index contributed by atoms with van der Waals surface area (Å²) >= 11 is 0. The second-order valence-electron chi connectivity index (χ2n) is 4.42. The second kappa shape index (κ2) is 4.69. The van der Waals surface area contributed by atoms with Crippen molar-refractivity contribution in [3.05, 3.63) is 0 Å². The number of aliphatic carboxylic acids is 1. The van der Waals surface area contributed by atoms with Gasteiger partial charge in [0.1, 0.15) is 0 Å². The fourth-order valence-electron chi connectivity index (χ4n) is 1.66. The molecule has 16 heavy (non-hydrogen) atoms. The van der Waals surface area contributed by atoms with Crippen LogP contribution in [0.1, 0.15) is 26.7 Å². The average molecular weight is 230 g/mol. The number of hydrogen-bond donors (Lipinski definition) is 3. The number of urea groups is 1. The van der Waals surface area contributed by atoms with Crippen molar-refractivity contribution >= 4 is 12.0 Å². The van der Waals surface area contributed by atoms with Crippen LogP contribution in [0.4, 0.5) is 4.79 Å². The zero-order valence-corrected chi connectivity index (χ0v) is 9.56. The first kappa shape index (κ1) is 12.8. The molecule has 3 N–H and O–H groups in total. The molecule has 1 fully saturated rings. The minimum Gasteiger partial charge on any atom is -0.479 e. The summed E-state index contributed by atoms with van der Waals surface area (Å²) in [5.74, 6) is -1.35. The third-order valence-corrected chi connectivity index (χ3v) is 2.86. The maximum atomic E-state index is 11.6. The van der Waals surface area contributed by atoms with Gasteiger partial charge in [0.2, 0.25) is 0 Å². The molecule has 1 rings (SSSR count). The molecular formula is C10H18N2O4. The monoisotopic (exact) mass is 230 g/mol. The summed E-state index contributed by atoms with van der Waals surface area (Å²) in [6.07, 6.45) is 1.92. The maximum absolute atomic E-state index is 11.6. The summed E-state index contributed by atoms with van der Waals surface area (Å²) in [5.41, 5.74) is -1.92. The normalized spacial score (nSPS) is 23.9. The van der Waals surface area contributed by atoms with Gasteiger partial charge in [0.25, 0.3) is 0 Å². The number of nitrogens with one attached hydrogen (secondary N) is 1. The Hall–Kier alpha value is -1.30. The predicted molar refractivity (Wildman–Crippen MR) is 57.1 cm³/mol. The Morgan fingerprint density at radius 3 is 2.62 bits per heavy atom. The summed E-state index contributed by atoms with van der Waals surface area (Å²) < 4.78 is 0. The standard InChI is InChI=1S/C10H18N2O4/c1-7-4-3-5-12(7)9(15)11-6-10(2,16)8(13)14/h7,16H,3-6H2,1-2H3,(H,11,15)(H,13,14). The van der Waals surface area contributed by atoms with Crippen molar-refractivity contribution < 1.29 is 19.8 Å². The molecule has 0 spiro atoms. The highest BCUT2D eigenvalue weighted by molar-refractivity contribution is 5.79. The number of aliphatic hydroxyl groups is 1. The number of nitrogens with zero attached hydrogens (tertiary/aromatic N) is 1. The van der Waals surface area contributed by atoms with E-state index in [9.17, 15) is 14.7 Å². The van der Waals surface area contributed by atoms with Crippen molar-refractivity contribution in [2.45, 2.75) is 38.3 Å². The lowest BCUT2D eigenvalue weighted by Crippen LogP contribution is -2.50. The van der Waals surface area contributed by atoms with Gasteiger partial charge in [-0.3, -0.25) is 0 Å². The molecule has 0 aromatic heterocycles. The van der Waals surface area contributed by atoms with Crippen molar-refractivity contribution in [2.24, 2.45) is 0 Å². The Morgan fingerprint density at radius 1 is 1.56 bits per heavy atom. The van der Waals surface area contributed by atoms with Crippen LogP contribution < -0.4 is 5.32 Å². The van der Waals surface area contributed by atoms with Gasteiger partial charge in [-0.1, -0.05) is 0 Å². The van der Waals surface area contributed by atoms with E-state index in [1.54, 1.807) is 4.90 Å². The molecule has 2 unspecified atom stereocenters. The van der Waals surface area contributed by atoms with E-state index in [0.29, 0.717) is 6.54 Å². The van der Waals surface area contributed by atoms with Gasteiger partial charge in [0.15, 0.2) is 5.60 Å². The van der Waals surface area contributed by atoms with Gasteiger partial charge in [-0.05, 0) is 26.7 Å². The predicted octanol–water partition coefficient (Wildman–Crippen LogP) is 0.0159. The molecule has 6 heteroatoms. The van der Waals surface area contributed by atoms with Crippen molar-refractivity contribution in [1.82, 2.24) is 10.2 Å². The lowest BCUT2D eigenvalue weighted by atomic mass is 10.1. The molecule has 1 aliphatic rings. The highest BCUT2D eigenvalue weighted by Crippen LogP contribution is 2.16. The fraction of sp³-hybridized carbons (Fsp3) is 0.800. The van der Waals surface area contributed by atoms with Gasteiger partial charge < -0.3 is 20.4 Å². The van der Waals surface area contributed by atoms with E-state index in [1.165, 1.54) is 0 Å². The SMILES string of the molecule is CC1CCCN1C(=O)NCC(C)(O)C(=O)O. The van der Waals surface area contributed by atoms with Crippen LogP contribution in [0.25, 0.3) is 0 Å². The van der Waals surface area contributed by atoms with Crippen LogP contribution in [0.2, 0.25) is 0 Å². The summed E-state index contributed by atoms with van der Waals surface area (Å²) in [6.45, 7) is 3.50. The van der Waals surface area contributed by atoms with Crippen molar-refractivity contribution in [2.75, 3.05) is 13.1 Å². The Kier molecular flexibility index (Phi) is 3.74. The van der Waals surface area contributed by atoms with Crippen LogP contribution in [0.3, 0.4) is 0 Å². The number of carboxylic acid groups (broad SMARTS) is 1. The molecule has 0 aromatic carbocycles. The maximum Gasteiger partial charge on any atom is 0.337 e. The fourth-order valence-corrected chi connectivity index (χ4v) is 1.66. The van der Waals surface area contributed by atoms with E-state index in [-0.39, 0.29) is 18.6 Å². The highest BCUT2D eigenvalue weighted by Gasteiger charge is 2.32. The van der Waals surface area contributed by atoms with Crippen LogP contribution in [-0.4, -0.2) is 51.8 Å². The van der Waals surface area contributed by atoms with Crippen molar-refractivity contribution in [1.29, 1.82) is 0 Å². The number of likely N-dealkylation sites (tertiary alicyclic amines) is 1. The number of carbonyl (C=O) groups is 2. The molecule has 1 saturated heterocycles. The molecule has 0 bridgehead atoms. The van der Waals surface area contributed by atoms with Gasteiger partial charge in [-0.2, -0.15) is 0 Å². The summed E-state index contributed by atoms with van der Waals surface area (Å²) in [5, 5.41) is 20.5. The molecule has 2 amide bonds. The first-order valence-electron chi connectivity index (χ1n) is 5.35. The van der Waals surface area contributed by atoms with Gasteiger partial charge in [0.05, 0.1) is 6.54 Å². The van der Waals surface area contributed by atoms with Crippen LogP contribution in [0.5, 0.6) is 0 Å². The van der Waals surface area contributed by atoms with Crippen LogP contribution >= 0.6 is 0 Å². The minimum absolute atomic E-state index is 0.176. The van der Waals surface area contributed by atoms with Gasteiger partial charge in [0, 0.05) is 12.6 Å². The molecule has 0 saturated carbocycles. The largest absolute Gasteiger partial charge is 0.479 e. The Morgan fingerprint density at radius 2 is 2.19 bits per heavy atom. The van der Waals surface area contributed by atoms with E-state index < -0.39 is 11.6 Å². The smallest absolute Gasteiger partial charge is 0.337 e. The van der Waals surface area contributed by atoms with Crippen molar-refractivity contribution in [3.63, 3.8) is 0 Å². The first-order chi connectivity index (χ1) is 7.34.